The third kappa shape index (κ3) is 4.46. The first-order valence-corrected chi connectivity index (χ1v) is 7.85. The highest BCUT2D eigenvalue weighted by atomic mass is 16.5. The molecular weight excluding hydrogens is 302 g/mol. The molecule has 122 valence electrons. The fraction of sp³-hybridized carbons (Fsp3) is 0.158. The van der Waals surface area contributed by atoms with Crippen LogP contribution in [0.4, 0.5) is 4.79 Å². The van der Waals surface area contributed by atoms with Crippen molar-refractivity contribution in [3.05, 3.63) is 72.1 Å². The van der Waals surface area contributed by atoms with Gasteiger partial charge < -0.3 is 15.0 Å². The number of alkyl carbamates (subject to hydrolysis) is 1. The fourth-order valence-corrected chi connectivity index (χ4v) is 2.29. The van der Waals surface area contributed by atoms with Crippen LogP contribution in [-0.2, 0) is 11.3 Å². The van der Waals surface area contributed by atoms with Crippen molar-refractivity contribution >= 4 is 23.2 Å². The molecule has 5 heteroatoms. The highest BCUT2D eigenvalue weighted by Gasteiger charge is 2.00. The first-order valence-electron chi connectivity index (χ1n) is 7.85. The lowest BCUT2D eigenvalue weighted by molar-refractivity contribution is 0.140. The van der Waals surface area contributed by atoms with Crippen LogP contribution in [0.2, 0.25) is 0 Å². The van der Waals surface area contributed by atoms with Crippen molar-refractivity contribution in [3.63, 3.8) is 0 Å². The van der Waals surface area contributed by atoms with Gasteiger partial charge in [0.15, 0.2) is 0 Å². The molecule has 3 aromatic rings. The third-order valence-corrected chi connectivity index (χ3v) is 3.52. The van der Waals surface area contributed by atoms with Gasteiger partial charge in [-0.3, -0.25) is 4.98 Å². The molecule has 24 heavy (non-hydrogen) atoms. The number of hydrogen-bond donors (Lipinski definition) is 2. The minimum Gasteiger partial charge on any atom is -0.445 e. The molecule has 0 aliphatic carbocycles. The van der Waals surface area contributed by atoms with E-state index in [0.717, 1.165) is 28.6 Å². The van der Waals surface area contributed by atoms with Crippen LogP contribution in [-0.4, -0.2) is 22.6 Å². The average molecular weight is 321 g/mol. The first-order chi connectivity index (χ1) is 11.8. The SMILES string of the molecule is O=C(NCCC=Cc1cnc2cc[nH]c2c1)OCc1ccccc1. The number of fused-ring (bicyclic) bond motifs is 1. The molecule has 1 aromatic carbocycles. The van der Waals surface area contributed by atoms with Crippen molar-refractivity contribution in [3.8, 4) is 0 Å². The topological polar surface area (TPSA) is 67.0 Å². The van der Waals surface area contributed by atoms with E-state index in [-0.39, 0.29) is 6.61 Å². The van der Waals surface area contributed by atoms with Gasteiger partial charge in [0.2, 0.25) is 0 Å². The minimum absolute atomic E-state index is 0.282. The summed E-state index contributed by atoms with van der Waals surface area (Å²) < 4.78 is 5.14. The Balaban J connectivity index is 1.37. The Morgan fingerprint density at radius 1 is 1.25 bits per heavy atom. The van der Waals surface area contributed by atoms with Crippen LogP contribution in [0, 0.1) is 0 Å². The van der Waals surface area contributed by atoms with Gasteiger partial charge in [-0.05, 0) is 29.7 Å². The smallest absolute Gasteiger partial charge is 0.407 e. The number of aromatic nitrogens is 2. The zero-order valence-electron chi connectivity index (χ0n) is 13.2. The van der Waals surface area contributed by atoms with Crippen molar-refractivity contribution in [2.24, 2.45) is 0 Å². The molecule has 0 saturated heterocycles. The van der Waals surface area contributed by atoms with Gasteiger partial charge in [0.1, 0.15) is 6.61 Å². The summed E-state index contributed by atoms with van der Waals surface area (Å²) in [6.45, 7) is 0.812. The molecule has 0 bridgehead atoms. The molecular formula is C19H19N3O2. The van der Waals surface area contributed by atoms with Crippen molar-refractivity contribution in [1.29, 1.82) is 0 Å². The number of pyridine rings is 1. The van der Waals surface area contributed by atoms with Crippen molar-refractivity contribution < 1.29 is 9.53 Å². The Morgan fingerprint density at radius 3 is 3.00 bits per heavy atom. The van der Waals surface area contributed by atoms with Gasteiger partial charge >= 0.3 is 6.09 Å². The summed E-state index contributed by atoms with van der Waals surface area (Å²) in [6.07, 6.45) is 8.02. The Morgan fingerprint density at radius 2 is 2.12 bits per heavy atom. The van der Waals surface area contributed by atoms with Crippen molar-refractivity contribution in [2.75, 3.05) is 6.54 Å². The van der Waals surface area contributed by atoms with Gasteiger partial charge in [0.25, 0.3) is 0 Å². The van der Waals surface area contributed by atoms with E-state index in [1.165, 1.54) is 0 Å². The normalized spacial score (nSPS) is 11.0. The number of ether oxygens (including phenoxy) is 1. The number of amides is 1. The predicted molar refractivity (Wildman–Crippen MR) is 94.4 cm³/mol. The van der Waals surface area contributed by atoms with Gasteiger partial charge in [0, 0.05) is 18.9 Å². The van der Waals surface area contributed by atoms with E-state index < -0.39 is 6.09 Å². The summed E-state index contributed by atoms with van der Waals surface area (Å²) in [5.41, 5.74) is 3.96. The van der Waals surface area contributed by atoms with Gasteiger partial charge in [-0.25, -0.2) is 4.79 Å². The van der Waals surface area contributed by atoms with Crippen molar-refractivity contribution in [2.45, 2.75) is 13.0 Å². The number of aromatic amines is 1. The Hall–Kier alpha value is -3.08. The van der Waals surface area contributed by atoms with Crippen LogP contribution in [0.25, 0.3) is 17.1 Å². The van der Waals surface area contributed by atoms with E-state index in [4.69, 9.17) is 4.74 Å². The number of H-pyrrole nitrogens is 1. The summed E-state index contributed by atoms with van der Waals surface area (Å²) in [5, 5.41) is 2.73. The standard InChI is InChI=1S/C19H19N3O2/c23-19(24-14-15-6-2-1-3-7-15)21-10-5-4-8-16-12-18-17(22-13-16)9-11-20-18/h1-4,6-9,11-13,20H,5,10,14H2,(H,21,23). The van der Waals surface area contributed by atoms with E-state index >= 15 is 0 Å². The van der Waals surface area contributed by atoms with E-state index in [2.05, 4.69) is 15.3 Å². The molecule has 0 saturated carbocycles. The second kappa shape index (κ2) is 7.97. The molecule has 1 amide bonds. The van der Waals surface area contributed by atoms with E-state index in [0.29, 0.717) is 6.54 Å². The molecule has 0 aliphatic rings. The van der Waals surface area contributed by atoms with E-state index in [1.54, 1.807) is 0 Å². The summed E-state index contributed by atoms with van der Waals surface area (Å²) in [4.78, 5) is 19.1. The fourth-order valence-electron chi connectivity index (χ4n) is 2.29. The largest absolute Gasteiger partial charge is 0.445 e. The maximum atomic E-state index is 11.6. The Labute approximate surface area is 140 Å². The summed E-state index contributed by atoms with van der Waals surface area (Å²) >= 11 is 0. The molecule has 5 nitrogen and oxygen atoms in total. The Bertz CT molecular complexity index is 825. The van der Waals surface area contributed by atoms with Crippen LogP contribution in [0.15, 0.2) is 60.9 Å². The van der Waals surface area contributed by atoms with Gasteiger partial charge in [0.05, 0.1) is 11.0 Å². The van der Waals surface area contributed by atoms with Crippen LogP contribution in [0.1, 0.15) is 17.5 Å². The Kier molecular flexibility index (Phi) is 5.24. The monoisotopic (exact) mass is 321 g/mol. The zero-order valence-corrected chi connectivity index (χ0v) is 13.2. The highest BCUT2D eigenvalue weighted by molar-refractivity contribution is 5.77. The number of rotatable bonds is 6. The zero-order chi connectivity index (χ0) is 16.6. The minimum atomic E-state index is -0.401. The molecule has 2 N–H and O–H groups in total. The second-order valence-corrected chi connectivity index (χ2v) is 5.36. The van der Waals surface area contributed by atoms with Crippen molar-refractivity contribution in [1.82, 2.24) is 15.3 Å². The van der Waals surface area contributed by atoms with Crippen LogP contribution < -0.4 is 5.32 Å². The molecule has 0 aliphatic heterocycles. The quantitative estimate of drug-likeness (QED) is 0.677. The third-order valence-electron chi connectivity index (χ3n) is 3.52. The number of benzene rings is 1. The van der Waals surface area contributed by atoms with Gasteiger partial charge in [-0.2, -0.15) is 0 Å². The first kappa shape index (κ1) is 15.8. The number of nitrogens with one attached hydrogen (secondary N) is 2. The molecule has 0 unspecified atom stereocenters. The number of nitrogens with zero attached hydrogens (tertiary/aromatic N) is 1. The molecule has 2 aromatic heterocycles. The highest BCUT2D eigenvalue weighted by Crippen LogP contribution is 2.12. The molecule has 0 radical (unpaired) electrons. The summed E-state index contributed by atoms with van der Waals surface area (Å²) in [7, 11) is 0. The molecule has 0 atom stereocenters. The maximum absolute atomic E-state index is 11.6. The average Bonchev–Trinajstić information content (AvgIpc) is 3.08. The molecule has 3 rings (SSSR count). The van der Waals surface area contributed by atoms with Gasteiger partial charge in [-0.15, -0.1) is 0 Å². The number of carbonyl (C=O) groups excluding carboxylic acids is 1. The number of hydrogen-bond acceptors (Lipinski definition) is 3. The second-order valence-electron chi connectivity index (χ2n) is 5.36. The molecule has 2 heterocycles. The van der Waals surface area contributed by atoms with Crippen LogP contribution in [0.5, 0.6) is 0 Å². The predicted octanol–water partition coefficient (Wildman–Crippen LogP) is 3.89. The van der Waals surface area contributed by atoms with Gasteiger partial charge in [-0.1, -0.05) is 42.5 Å². The maximum Gasteiger partial charge on any atom is 0.407 e. The lowest BCUT2D eigenvalue weighted by atomic mass is 10.2. The number of carbonyl (C=O) groups is 1. The summed E-state index contributed by atoms with van der Waals surface area (Å²) in [6, 6.07) is 13.6. The van der Waals surface area contributed by atoms with E-state index in [9.17, 15) is 4.79 Å². The van der Waals surface area contributed by atoms with E-state index in [1.807, 2.05) is 67.0 Å². The van der Waals surface area contributed by atoms with Crippen LogP contribution >= 0.6 is 0 Å². The molecule has 0 spiro atoms. The van der Waals surface area contributed by atoms with Crippen LogP contribution in [0.3, 0.4) is 0 Å². The molecule has 0 fully saturated rings. The summed E-state index contributed by atoms with van der Waals surface area (Å²) in [5.74, 6) is 0. The lowest BCUT2D eigenvalue weighted by Gasteiger charge is -2.05. The lowest BCUT2D eigenvalue weighted by Crippen LogP contribution is -2.24.